The Kier molecular flexibility index (Phi) is 11.1. The van der Waals surface area contributed by atoms with Gasteiger partial charge in [-0.25, -0.2) is 0 Å². The van der Waals surface area contributed by atoms with Crippen LogP contribution < -0.4 is 0 Å². The average Bonchev–Trinajstić information content (AvgIpc) is 2.84. The molecule has 0 aliphatic carbocycles. The first kappa shape index (κ1) is 29.3. The SMILES string of the molecule is O=C[C@H](O)[C@@H](O)[C@H](O[C@H]1O[C@H](CO)[C@@H](O[C@H]2O[C@H](CO)[C@@H](O)[C@H](O)[C@H]2O)[C@H](O)[C@H]1O)[C@H](O)CO. The summed E-state index contributed by atoms with van der Waals surface area (Å²) in [6, 6.07) is 0. The number of aliphatic hydroxyl groups is 11. The van der Waals surface area contributed by atoms with E-state index < -0.39 is 106 Å². The van der Waals surface area contributed by atoms with Gasteiger partial charge in [-0.1, -0.05) is 0 Å². The van der Waals surface area contributed by atoms with Gasteiger partial charge in [0, 0.05) is 0 Å². The number of rotatable bonds is 11. The summed E-state index contributed by atoms with van der Waals surface area (Å²) in [5.74, 6) is 0. The fraction of sp³-hybridized carbons (Fsp3) is 0.944. The molecule has 2 fully saturated rings. The molecule has 0 spiro atoms. The third-order valence-corrected chi connectivity index (χ3v) is 5.64. The molecule has 0 amide bonds. The van der Waals surface area contributed by atoms with Crippen molar-refractivity contribution in [3.05, 3.63) is 0 Å². The number of carbonyl (C=O) groups excluding carboxylic acids is 1. The fourth-order valence-electron chi connectivity index (χ4n) is 3.60. The van der Waals surface area contributed by atoms with E-state index in [0.29, 0.717) is 0 Å². The number of ether oxygens (including phenoxy) is 4. The van der Waals surface area contributed by atoms with Gasteiger partial charge in [0.1, 0.15) is 73.2 Å². The van der Waals surface area contributed by atoms with Crippen LogP contribution in [0.2, 0.25) is 0 Å². The van der Waals surface area contributed by atoms with Gasteiger partial charge in [0.15, 0.2) is 18.9 Å². The highest BCUT2D eigenvalue weighted by molar-refractivity contribution is 5.56. The standard InChI is InChI=1S/C18H32O16/c19-1-5(23)9(25)15(6(24)2-20)33-18-14(30)12(28)16(8(4-22)32-18)34-17-13(29)11(27)10(26)7(3-21)31-17/h1,5-18,20-30H,2-4H2/t5-,6+,7+,8+,9+,10+,11-,12+,13+,14+,15+,16+,17+,18+/m0/s1. The fourth-order valence-corrected chi connectivity index (χ4v) is 3.60. The Bertz CT molecular complexity index is 621. The Labute approximate surface area is 192 Å². The molecule has 0 saturated carbocycles. The van der Waals surface area contributed by atoms with Gasteiger partial charge in [-0.3, -0.25) is 0 Å². The Morgan fingerprint density at radius 2 is 1.32 bits per heavy atom. The summed E-state index contributed by atoms with van der Waals surface area (Å²) < 4.78 is 21.1. The lowest BCUT2D eigenvalue weighted by Crippen LogP contribution is -2.65. The average molecular weight is 504 g/mol. The van der Waals surface area contributed by atoms with Crippen LogP contribution in [0.4, 0.5) is 0 Å². The lowest BCUT2D eigenvalue weighted by atomic mass is 9.96. The van der Waals surface area contributed by atoms with Gasteiger partial charge in [-0.15, -0.1) is 0 Å². The van der Waals surface area contributed by atoms with E-state index in [0.717, 1.165) is 0 Å². The summed E-state index contributed by atoms with van der Waals surface area (Å²) in [6.07, 6.45) is -25.4. The predicted molar refractivity (Wildman–Crippen MR) is 102 cm³/mol. The van der Waals surface area contributed by atoms with Crippen LogP contribution >= 0.6 is 0 Å². The first-order chi connectivity index (χ1) is 16.0. The molecule has 2 aliphatic rings. The molecule has 2 saturated heterocycles. The van der Waals surface area contributed by atoms with Crippen LogP contribution in [-0.2, 0) is 23.7 Å². The maximum absolute atomic E-state index is 10.8. The highest BCUT2D eigenvalue weighted by atomic mass is 16.7. The molecule has 16 nitrogen and oxygen atoms in total. The number of aliphatic hydroxyl groups excluding tert-OH is 11. The second kappa shape index (κ2) is 12.9. The number of carbonyl (C=O) groups is 1. The first-order valence-corrected chi connectivity index (χ1v) is 10.4. The van der Waals surface area contributed by atoms with Crippen LogP contribution in [0.1, 0.15) is 0 Å². The van der Waals surface area contributed by atoms with E-state index in [1.165, 1.54) is 0 Å². The second-order valence-electron chi connectivity index (χ2n) is 7.97. The van der Waals surface area contributed by atoms with Crippen molar-refractivity contribution in [1.29, 1.82) is 0 Å². The lowest BCUT2D eigenvalue weighted by Gasteiger charge is -2.46. The zero-order chi connectivity index (χ0) is 25.7. The van der Waals surface area contributed by atoms with Crippen LogP contribution in [0.25, 0.3) is 0 Å². The van der Waals surface area contributed by atoms with Crippen molar-refractivity contribution in [2.45, 2.75) is 85.8 Å². The van der Waals surface area contributed by atoms with Gasteiger partial charge in [0.25, 0.3) is 0 Å². The van der Waals surface area contributed by atoms with Crippen molar-refractivity contribution in [2.24, 2.45) is 0 Å². The van der Waals surface area contributed by atoms with Crippen molar-refractivity contribution < 1.29 is 79.9 Å². The molecule has 11 N–H and O–H groups in total. The van der Waals surface area contributed by atoms with Crippen LogP contribution in [0.5, 0.6) is 0 Å². The molecule has 2 heterocycles. The van der Waals surface area contributed by atoms with E-state index in [2.05, 4.69) is 0 Å². The van der Waals surface area contributed by atoms with E-state index in [1.807, 2.05) is 0 Å². The molecule has 2 aliphatic heterocycles. The van der Waals surface area contributed by atoms with E-state index in [1.54, 1.807) is 0 Å². The minimum Gasteiger partial charge on any atom is -0.394 e. The summed E-state index contributed by atoms with van der Waals surface area (Å²) in [4.78, 5) is 10.8. The number of hydrogen-bond donors (Lipinski definition) is 11. The van der Waals surface area contributed by atoms with Crippen molar-refractivity contribution in [3.8, 4) is 0 Å². The van der Waals surface area contributed by atoms with Gasteiger partial charge < -0.3 is 79.9 Å². The van der Waals surface area contributed by atoms with Crippen LogP contribution in [-0.4, -0.2) is 168 Å². The monoisotopic (exact) mass is 504 g/mol. The highest BCUT2D eigenvalue weighted by Crippen LogP contribution is 2.30. The Morgan fingerprint density at radius 1 is 0.765 bits per heavy atom. The molecule has 0 unspecified atom stereocenters. The smallest absolute Gasteiger partial charge is 0.187 e. The number of hydrogen-bond acceptors (Lipinski definition) is 16. The summed E-state index contributed by atoms with van der Waals surface area (Å²) in [6.45, 7) is -2.64. The maximum atomic E-state index is 10.8. The highest BCUT2D eigenvalue weighted by Gasteiger charge is 2.51. The number of aldehydes is 1. The van der Waals surface area contributed by atoms with Gasteiger partial charge >= 0.3 is 0 Å². The zero-order valence-electron chi connectivity index (χ0n) is 17.7. The van der Waals surface area contributed by atoms with Crippen molar-refractivity contribution in [1.82, 2.24) is 0 Å². The topological polar surface area (TPSA) is 277 Å². The first-order valence-electron chi connectivity index (χ1n) is 10.4. The minimum absolute atomic E-state index is 0.0704. The molecule has 34 heavy (non-hydrogen) atoms. The Morgan fingerprint density at radius 3 is 1.85 bits per heavy atom. The van der Waals surface area contributed by atoms with E-state index in [4.69, 9.17) is 24.1 Å². The molecule has 16 heteroatoms. The van der Waals surface area contributed by atoms with Crippen LogP contribution in [0, 0.1) is 0 Å². The van der Waals surface area contributed by atoms with Gasteiger partial charge in [0.05, 0.1) is 19.8 Å². The van der Waals surface area contributed by atoms with Crippen molar-refractivity contribution in [3.63, 3.8) is 0 Å². The molecule has 0 radical (unpaired) electrons. The molecule has 0 aromatic carbocycles. The van der Waals surface area contributed by atoms with Crippen LogP contribution in [0.3, 0.4) is 0 Å². The quantitative estimate of drug-likeness (QED) is 0.117. The molecular formula is C18H32O16. The minimum atomic E-state index is -2.08. The largest absolute Gasteiger partial charge is 0.394 e. The third-order valence-electron chi connectivity index (χ3n) is 5.64. The molecule has 0 bridgehead atoms. The molecule has 0 aromatic rings. The lowest BCUT2D eigenvalue weighted by molar-refractivity contribution is -0.367. The van der Waals surface area contributed by atoms with Gasteiger partial charge in [-0.05, 0) is 0 Å². The van der Waals surface area contributed by atoms with E-state index in [9.17, 15) is 55.9 Å². The van der Waals surface area contributed by atoms with Crippen LogP contribution in [0.15, 0.2) is 0 Å². The normalized spacial score (nSPS) is 42.6. The zero-order valence-corrected chi connectivity index (χ0v) is 17.7. The van der Waals surface area contributed by atoms with Crippen molar-refractivity contribution >= 4 is 6.29 Å². The molecule has 2 rings (SSSR count). The third kappa shape index (κ3) is 6.25. The summed E-state index contributed by atoms with van der Waals surface area (Å²) in [7, 11) is 0. The maximum Gasteiger partial charge on any atom is 0.187 e. The Balaban J connectivity index is 2.17. The molecule has 14 atom stereocenters. The van der Waals surface area contributed by atoms with Crippen molar-refractivity contribution in [2.75, 3.05) is 19.8 Å². The van der Waals surface area contributed by atoms with E-state index in [-0.39, 0.29) is 6.29 Å². The summed E-state index contributed by atoms with van der Waals surface area (Å²) in [5.41, 5.74) is 0. The molecule has 0 aromatic heterocycles. The van der Waals surface area contributed by atoms with E-state index >= 15 is 0 Å². The van der Waals surface area contributed by atoms with Gasteiger partial charge in [-0.2, -0.15) is 0 Å². The summed E-state index contributed by atoms with van der Waals surface area (Å²) >= 11 is 0. The predicted octanol–water partition coefficient (Wildman–Crippen LogP) is -7.73. The molecular weight excluding hydrogens is 472 g/mol. The second-order valence-corrected chi connectivity index (χ2v) is 7.97. The van der Waals surface area contributed by atoms with Gasteiger partial charge in [0.2, 0.25) is 0 Å². The summed E-state index contributed by atoms with van der Waals surface area (Å²) in [5, 5.41) is 108. The molecule has 200 valence electrons. The Hall–Kier alpha value is -0.930.